The number of piperidine rings is 1. The van der Waals surface area contributed by atoms with Gasteiger partial charge in [0.2, 0.25) is 0 Å². The molecule has 1 saturated heterocycles. The van der Waals surface area contributed by atoms with Gasteiger partial charge in [-0.2, -0.15) is 5.10 Å². The molecule has 0 spiro atoms. The molecule has 1 N–H and O–H groups in total. The van der Waals surface area contributed by atoms with Gasteiger partial charge >= 0.3 is 0 Å². The van der Waals surface area contributed by atoms with E-state index in [2.05, 4.69) is 46.5 Å². The Morgan fingerprint density at radius 2 is 2.04 bits per heavy atom. The SMILES string of the molecule is Cc1c(CNC2CCN(c3nc4ccccc4s3)CC2)cnn1C. The van der Waals surface area contributed by atoms with Gasteiger partial charge in [-0.15, -0.1) is 0 Å². The van der Waals surface area contributed by atoms with Crippen molar-refractivity contribution in [3.8, 4) is 0 Å². The van der Waals surface area contributed by atoms with E-state index in [4.69, 9.17) is 4.98 Å². The third-order valence-corrected chi connectivity index (χ3v) is 6.06. The Hall–Kier alpha value is -1.92. The van der Waals surface area contributed by atoms with Crippen LogP contribution >= 0.6 is 11.3 Å². The second-order valence-corrected chi connectivity index (χ2v) is 7.49. The van der Waals surface area contributed by atoms with Crippen LogP contribution in [-0.4, -0.2) is 33.9 Å². The lowest BCUT2D eigenvalue weighted by Crippen LogP contribution is -2.42. The maximum atomic E-state index is 4.78. The number of nitrogens with zero attached hydrogens (tertiary/aromatic N) is 4. The van der Waals surface area contributed by atoms with Crippen LogP contribution in [0.3, 0.4) is 0 Å². The van der Waals surface area contributed by atoms with Gasteiger partial charge in [0.1, 0.15) is 0 Å². The van der Waals surface area contributed by atoms with Crippen LogP contribution < -0.4 is 10.2 Å². The summed E-state index contributed by atoms with van der Waals surface area (Å²) in [5, 5.41) is 9.17. The first-order valence-electron chi connectivity index (χ1n) is 8.52. The molecule has 1 fully saturated rings. The van der Waals surface area contributed by atoms with Crippen LogP contribution in [0.25, 0.3) is 10.2 Å². The Morgan fingerprint density at radius 1 is 1.25 bits per heavy atom. The third-order valence-electron chi connectivity index (χ3n) is 4.97. The Kier molecular flexibility index (Phi) is 4.24. The topological polar surface area (TPSA) is 46.0 Å². The smallest absolute Gasteiger partial charge is 0.186 e. The molecule has 2 aromatic heterocycles. The van der Waals surface area contributed by atoms with Crippen molar-refractivity contribution in [1.82, 2.24) is 20.1 Å². The third kappa shape index (κ3) is 3.03. The van der Waals surface area contributed by atoms with Crippen molar-refractivity contribution in [2.24, 2.45) is 7.05 Å². The standard InChI is InChI=1S/C18H23N5S/c1-13-14(12-20-22(13)2)11-19-15-7-9-23(10-8-15)18-21-16-5-3-4-6-17(16)24-18/h3-6,12,15,19H,7-11H2,1-2H3. The van der Waals surface area contributed by atoms with Gasteiger partial charge in [0.25, 0.3) is 0 Å². The lowest BCUT2D eigenvalue weighted by molar-refractivity contribution is 0.413. The summed E-state index contributed by atoms with van der Waals surface area (Å²) in [7, 11) is 2.00. The van der Waals surface area contributed by atoms with Crippen molar-refractivity contribution in [3.63, 3.8) is 0 Å². The predicted molar refractivity (Wildman–Crippen MR) is 99.6 cm³/mol. The minimum atomic E-state index is 0.579. The van der Waals surface area contributed by atoms with Gasteiger partial charge < -0.3 is 10.2 Å². The monoisotopic (exact) mass is 341 g/mol. The van der Waals surface area contributed by atoms with Crippen LogP contribution in [0, 0.1) is 6.92 Å². The molecule has 1 aliphatic rings. The minimum Gasteiger partial charge on any atom is -0.348 e. The molecule has 24 heavy (non-hydrogen) atoms. The molecule has 0 unspecified atom stereocenters. The highest BCUT2D eigenvalue weighted by Crippen LogP contribution is 2.30. The van der Waals surface area contributed by atoms with Gasteiger partial charge in [0.15, 0.2) is 5.13 Å². The fraction of sp³-hybridized carbons (Fsp3) is 0.444. The number of thiazole rings is 1. The number of hydrogen-bond acceptors (Lipinski definition) is 5. The van der Waals surface area contributed by atoms with Crippen LogP contribution in [0.2, 0.25) is 0 Å². The molecule has 5 nitrogen and oxygen atoms in total. The Morgan fingerprint density at radius 3 is 2.75 bits per heavy atom. The number of nitrogens with one attached hydrogen (secondary N) is 1. The first-order chi connectivity index (χ1) is 11.7. The van der Waals surface area contributed by atoms with Gasteiger partial charge in [0, 0.05) is 44.0 Å². The number of fused-ring (bicyclic) bond motifs is 1. The van der Waals surface area contributed by atoms with Gasteiger partial charge in [0.05, 0.1) is 16.4 Å². The number of para-hydroxylation sites is 1. The van der Waals surface area contributed by atoms with E-state index < -0.39 is 0 Å². The lowest BCUT2D eigenvalue weighted by atomic mass is 10.1. The quantitative estimate of drug-likeness (QED) is 0.792. The summed E-state index contributed by atoms with van der Waals surface area (Å²) in [6, 6.07) is 8.97. The van der Waals surface area contributed by atoms with Gasteiger partial charge in [-0.1, -0.05) is 23.5 Å². The predicted octanol–water partition coefficient (Wildman–Crippen LogP) is 3.10. The Bertz CT molecular complexity index is 796. The highest BCUT2D eigenvalue weighted by Gasteiger charge is 2.21. The molecule has 0 saturated carbocycles. The fourth-order valence-corrected chi connectivity index (χ4v) is 4.26. The van der Waals surface area contributed by atoms with E-state index in [-0.39, 0.29) is 0 Å². The van der Waals surface area contributed by atoms with Crippen molar-refractivity contribution in [2.75, 3.05) is 18.0 Å². The Labute approximate surface area is 146 Å². The highest BCUT2D eigenvalue weighted by molar-refractivity contribution is 7.22. The fourth-order valence-electron chi connectivity index (χ4n) is 3.24. The molecule has 126 valence electrons. The number of rotatable bonds is 4. The summed E-state index contributed by atoms with van der Waals surface area (Å²) >= 11 is 1.80. The van der Waals surface area contributed by atoms with Gasteiger partial charge in [-0.3, -0.25) is 4.68 Å². The normalized spacial score (nSPS) is 16.2. The average molecular weight is 341 g/mol. The highest BCUT2D eigenvalue weighted by atomic mass is 32.1. The first-order valence-corrected chi connectivity index (χ1v) is 9.34. The lowest BCUT2D eigenvalue weighted by Gasteiger charge is -2.32. The number of hydrogen-bond donors (Lipinski definition) is 1. The Balaban J connectivity index is 1.34. The van der Waals surface area contributed by atoms with Crippen LogP contribution in [0.5, 0.6) is 0 Å². The van der Waals surface area contributed by atoms with E-state index in [1.165, 1.54) is 16.0 Å². The molecule has 4 rings (SSSR count). The van der Waals surface area contributed by atoms with Crippen molar-refractivity contribution < 1.29 is 0 Å². The molecular formula is C18H23N5S. The van der Waals surface area contributed by atoms with Crippen molar-refractivity contribution in [2.45, 2.75) is 32.4 Å². The molecular weight excluding hydrogens is 318 g/mol. The summed E-state index contributed by atoms with van der Waals surface area (Å²) in [5.74, 6) is 0. The van der Waals surface area contributed by atoms with E-state index in [1.807, 2.05) is 17.9 Å². The molecule has 0 radical (unpaired) electrons. The molecule has 0 atom stereocenters. The van der Waals surface area contributed by atoms with E-state index in [1.54, 1.807) is 11.3 Å². The second kappa shape index (κ2) is 6.53. The van der Waals surface area contributed by atoms with Crippen LogP contribution in [0.15, 0.2) is 30.5 Å². The van der Waals surface area contributed by atoms with E-state index >= 15 is 0 Å². The molecule has 3 heterocycles. The molecule has 3 aromatic rings. The second-order valence-electron chi connectivity index (χ2n) is 6.49. The summed E-state index contributed by atoms with van der Waals surface area (Å²) in [4.78, 5) is 7.21. The zero-order valence-electron chi connectivity index (χ0n) is 14.2. The van der Waals surface area contributed by atoms with Crippen molar-refractivity contribution >= 4 is 26.7 Å². The zero-order chi connectivity index (χ0) is 16.5. The van der Waals surface area contributed by atoms with Crippen LogP contribution in [0.1, 0.15) is 24.1 Å². The average Bonchev–Trinajstić information content (AvgIpc) is 3.18. The molecule has 1 aliphatic heterocycles. The number of aryl methyl sites for hydroxylation is 1. The minimum absolute atomic E-state index is 0.579. The van der Waals surface area contributed by atoms with Crippen LogP contribution in [-0.2, 0) is 13.6 Å². The van der Waals surface area contributed by atoms with Crippen LogP contribution in [0.4, 0.5) is 5.13 Å². The van der Waals surface area contributed by atoms with Crippen molar-refractivity contribution in [3.05, 3.63) is 41.7 Å². The molecule has 0 aliphatic carbocycles. The van der Waals surface area contributed by atoms with Gasteiger partial charge in [-0.25, -0.2) is 4.98 Å². The largest absolute Gasteiger partial charge is 0.348 e. The number of anilines is 1. The van der Waals surface area contributed by atoms with E-state index in [0.717, 1.165) is 43.1 Å². The molecule has 1 aromatic carbocycles. The van der Waals surface area contributed by atoms with E-state index in [0.29, 0.717) is 6.04 Å². The maximum absolute atomic E-state index is 4.78. The van der Waals surface area contributed by atoms with Gasteiger partial charge in [-0.05, 0) is 31.9 Å². The number of aromatic nitrogens is 3. The molecule has 0 bridgehead atoms. The summed E-state index contributed by atoms with van der Waals surface area (Å²) in [5.41, 5.74) is 3.66. The maximum Gasteiger partial charge on any atom is 0.186 e. The zero-order valence-corrected chi connectivity index (χ0v) is 15.0. The summed E-state index contributed by atoms with van der Waals surface area (Å²) in [6.45, 7) is 5.18. The summed E-state index contributed by atoms with van der Waals surface area (Å²) < 4.78 is 3.21. The number of benzene rings is 1. The van der Waals surface area contributed by atoms with Crippen molar-refractivity contribution in [1.29, 1.82) is 0 Å². The van der Waals surface area contributed by atoms with E-state index in [9.17, 15) is 0 Å². The molecule has 6 heteroatoms. The summed E-state index contributed by atoms with van der Waals surface area (Å²) in [6.07, 6.45) is 4.29. The molecule has 0 amide bonds. The first kappa shape index (κ1) is 15.6.